The van der Waals surface area contributed by atoms with Crippen molar-refractivity contribution in [2.75, 3.05) is 10.2 Å². The molecule has 3 aliphatic rings. The summed E-state index contributed by atoms with van der Waals surface area (Å²) in [5.41, 5.74) is 16.1. The Hall–Kier alpha value is -4.96. The van der Waals surface area contributed by atoms with Crippen LogP contribution in [0.5, 0.6) is 0 Å². The second-order valence-electron chi connectivity index (χ2n) is 18.8. The number of furan rings is 1. The summed E-state index contributed by atoms with van der Waals surface area (Å²) in [6.45, 7) is 19.0. The minimum absolute atomic E-state index is 0.0167. The fourth-order valence-corrected chi connectivity index (χ4v) is 10.2. The Morgan fingerprint density at radius 3 is 2.13 bits per heavy atom. The lowest BCUT2D eigenvalue weighted by molar-refractivity contribution is 0.195. The van der Waals surface area contributed by atoms with Crippen molar-refractivity contribution in [3.05, 3.63) is 120 Å². The van der Waals surface area contributed by atoms with E-state index in [1.54, 1.807) is 0 Å². The summed E-state index contributed by atoms with van der Waals surface area (Å²) in [5.74, 6) is 0. The molecule has 6 aromatic carbocycles. The number of fused-ring (bicyclic) bond motifs is 10. The average molecular weight is 706 g/mol. The van der Waals surface area contributed by atoms with Crippen LogP contribution in [-0.4, -0.2) is 12.8 Å². The van der Waals surface area contributed by atoms with E-state index in [9.17, 15) is 0 Å². The van der Waals surface area contributed by atoms with E-state index in [1.165, 1.54) is 90.9 Å². The molecule has 4 heteroatoms. The molecular formula is C50H50BN2O. The van der Waals surface area contributed by atoms with E-state index in [2.05, 4.69) is 176 Å². The number of hydrogen-bond donors (Lipinski definition) is 1. The zero-order chi connectivity index (χ0) is 37.4. The highest BCUT2D eigenvalue weighted by molar-refractivity contribution is 6.74. The molecule has 0 amide bonds. The van der Waals surface area contributed by atoms with Gasteiger partial charge in [0.05, 0.1) is 16.6 Å². The summed E-state index contributed by atoms with van der Waals surface area (Å²) in [5, 5.41) is 8.78. The molecule has 1 N–H and O–H groups in total. The van der Waals surface area contributed by atoms with Crippen LogP contribution < -0.4 is 21.1 Å². The molecule has 3 heterocycles. The molecule has 269 valence electrons. The first-order chi connectivity index (χ1) is 25.8. The maximum Gasteiger partial charge on any atom is 0.197 e. The van der Waals surface area contributed by atoms with Crippen molar-refractivity contribution in [2.45, 2.75) is 103 Å². The Morgan fingerprint density at radius 1 is 0.667 bits per heavy atom. The maximum atomic E-state index is 6.87. The van der Waals surface area contributed by atoms with Gasteiger partial charge in [0.25, 0.3) is 0 Å². The standard InChI is InChI=1S/C50H50BN2O/c1-47(2,3)31-20-22-33(23-21-31)52-44-34-16-10-9-15-30(34)19-24-35(44)37-29-41-42(36-17-11-12-18-40(36)54-41)46-43(37)51-39-28-32(48(4,5)6)27-38-45(39)53(46)50(8)26-14-13-25-49(38,50)7/h9-12,15-24,27-29,52H,13-14,25-26H2,1-8H3. The van der Waals surface area contributed by atoms with Crippen molar-refractivity contribution in [3.63, 3.8) is 0 Å². The second-order valence-corrected chi connectivity index (χ2v) is 18.8. The van der Waals surface area contributed by atoms with Gasteiger partial charge >= 0.3 is 0 Å². The van der Waals surface area contributed by atoms with Crippen molar-refractivity contribution < 1.29 is 4.42 Å². The fourth-order valence-electron chi connectivity index (χ4n) is 10.2. The first kappa shape index (κ1) is 33.6. The number of para-hydroxylation sites is 1. The van der Waals surface area contributed by atoms with Gasteiger partial charge in [-0.2, -0.15) is 0 Å². The summed E-state index contributed by atoms with van der Waals surface area (Å²) in [7, 11) is 2.53. The number of anilines is 4. The maximum absolute atomic E-state index is 6.87. The molecule has 0 saturated heterocycles. The third-order valence-corrected chi connectivity index (χ3v) is 13.5. The van der Waals surface area contributed by atoms with Gasteiger partial charge in [0, 0.05) is 38.8 Å². The molecular weight excluding hydrogens is 655 g/mol. The molecule has 0 bridgehead atoms. The molecule has 10 rings (SSSR count). The normalized spacial score (nSPS) is 20.6. The molecule has 1 aromatic heterocycles. The van der Waals surface area contributed by atoms with Gasteiger partial charge in [0.15, 0.2) is 7.28 Å². The summed E-state index contributed by atoms with van der Waals surface area (Å²) in [6, 6.07) is 38.4. The number of rotatable bonds is 3. The van der Waals surface area contributed by atoms with Crippen LogP contribution in [0.2, 0.25) is 0 Å². The van der Waals surface area contributed by atoms with Gasteiger partial charge in [-0.25, -0.2) is 0 Å². The van der Waals surface area contributed by atoms with Gasteiger partial charge in [0.2, 0.25) is 0 Å². The number of hydrogen-bond acceptors (Lipinski definition) is 3. The monoisotopic (exact) mass is 705 g/mol. The van der Waals surface area contributed by atoms with E-state index in [-0.39, 0.29) is 21.8 Å². The Bertz CT molecular complexity index is 2670. The van der Waals surface area contributed by atoms with Crippen LogP contribution >= 0.6 is 0 Å². The lowest BCUT2D eigenvalue weighted by atomic mass is 9.57. The van der Waals surface area contributed by atoms with Gasteiger partial charge in [-0.15, -0.1) is 0 Å². The first-order valence-electron chi connectivity index (χ1n) is 20.0. The summed E-state index contributed by atoms with van der Waals surface area (Å²) >= 11 is 0. The van der Waals surface area contributed by atoms with Crippen molar-refractivity contribution in [2.24, 2.45) is 0 Å². The van der Waals surface area contributed by atoms with Crippen molar-refractivity contribution >= 4 is 73.7 Å². The van der Waals surface area contributed by atoms with E-state index >= 15 is 0 Å². The van der Waals surface area contributed by atoms with Crippen LogP contribution in [0.1, 0.15) is 97.8 Å². The van der Waals surface area contributed by atoms with E-state index < -0.39 is 0 Å². The minimum atomic E-state index is -0.0922. The van der Waals surface area contributed by atoms with Gasteiger partial charge in [0.1, 0.15) is 11.2 Å². The number of nitrogens with zero attached hydrogens (tertiary/aromatic N) is 1. The molecule has 0 spiro atoms. The molecule has 2 aliphatic heterocycles. The van der Waals surface area contributed by atoms with Gasteiger partial charge in [-0.1, -0.05) is 146 Å². The Morgan fingerprint density at radius 2 is 1.37 bits per heavy atom. The lowest BCUT2D eigenvalue weighted by Crippen LogP contribution is -2.57. The average Bonchev–Trinajstić information content (AvgIpc) is 3.62. The zero-order valence-corrected chi connectivity index (χ0v) is 33.1. The van der Waals surface area contributed by atoms with Crippen LogP contribution in [0.4, 0.5) is 22.7 Å². The van der Waals surface area contributed by atoms with Gasteiger partial charge in [-0.3, -0.25) is 0 Å². The fraction of sp³-hybridized carbons (Fsp3) is 0.320. The van der Waals surface area contributed by atoms with Crippen LogP contribution in [-0.2, 0) is 16.2 Å². The predicted octanol–water partition coefficient (Wildman–Crippen LogP) is 12.5. The quantitative estimate of drug-likeness (QED) is 0.186. The Balaban J connectivity index is 1.29. The highest BCUT2D eigenvalue weighted by Gasteiger charge is 2.60. The van der Waals surface area contributed by atoms with E-state index in [4.69, 9.17) is 4.42 Å². The van der Waals surface area contributed by atoms with E-state index in [0.29, 0.717) is 0 Å². The van der Waals surface area contributed by atoms with Crippen LogP contribution in [0.15, 0.2) is 108 Å². The molecule has 3 nitrogen and oxygen atoms in total. The Kier molecular flexibility index (Phi) is 7.03. The topological polar surface area (TPSA) is 28.4 Å². The summed E-state index contributed by atoms with van der Waals surface area (Å²) in [6.07, 6.45) is 4.84. The molecule has 1 fully saturated rings. The highest BCUT2D eigenvalue weighted by atomic mass is 16.3. The predicted molar refractivity (Wildman–Crippen MR) is 232 cm³/mol. The lowest BCUT2D eigenvalue weighted by Gasteiger charge is -2.51. The molecule has 54 heavy (non-hydrogen) atoms. The second kappa shape index (κ2) is 11.3. The number of nitrogens with one attached hydrogen (secondary N) is 1. The highest BCUT2D eigenvalue weighted by Crippen LogP contribution is 2.62. The van der Waals surface area contributed by atoms with Gasteiger partial charge < -0.3 is 14.6 Å². The van der Waals surface area contributed by atoms with E-state index in [1.807, 2.05) is 0 Å². The van der Waals surface area contributed by atoms with Gasteiger partial charge in [-0.05, 0) is 88.0 Å². The molecule has 2 atom stereocenters. The van der Waals surface area contributed by atoms with Crippen molar-refractivity contribution in [3.8, 4) is 11.1 Å². The molecule has 1 saturated carbocycles. The molecule has 7 aromatic rings. The van der Waals surface area contributed by atoms with Crippen LogP contribution in [0, 0.1) is 0 Å². The molecule has 2 unspecified atom stereocenters. The summed E-state index contributed by atoms with van der Waals surface area (Å²) < 4.78 is 6.87. The molecule has 1 radical (unpaired) electrons. The third kappa shape index (κ3) is 4.68. The molecule has 1 aliphatic carbocycles. The largest absolute Gasteiger partial charge is 0.456 e. The summed E-state index contributed by atoms with van der Waals surface area (Å²) in [4.78, 5) is 2.81. The van der Waals surface area contributed by atoms with E-state index in [0.717, 1.165) is 29.0 Å². The van der Waals surface area contributed by atoms with Crippen LogP contribution in [0.25, 0.3) is 43.8 Å². The Labute approximate surface area is 321 Å². The van der Waals surface area contributed by atoms with Crippen molar-refractivity contribution in [1.29, 1.82) is 0 Å². The van der Waals surface area contributed by atoms with Crippen molar-refractivity contribution in [1.82, 2.24) is 0 Å². The first-order valence-corrected chi connectivity index (χ1v) is 20.0. The number of benzene rings is 6. The third-order valence-electron chi connectivity index (χ3n) is 13.5. The smallest absolute Gasteiger partial charge is 0.197 e. The SMILES string of the molecule is CC(C)(C)c1ccc(Nc2c(-c3cc4oc5ccccc5c4c4c3[B]c3cc(C(C)(C)C)cc5c3N4C3(C)CCCCC53C)ccc3ccccc23)cc1. The zero-order valence-electron chi connectivity index (χ0n) is 33.1. The minimum Gasteiger partial charge on any atom is -0.456 e. The van der Waals surface area contributed by atoms with Crippen LogP contribution in [0.3, 0.4) is 0 Å².